The van der Waals surface area contributed by atoms with Crippen molar-refractivity contribution in [2.24, 2.45) is 5.41 Å². The Balaban J connectivity index is 1.75. The minimum atomic E-state index is -0.455. The zero-order valence-corrected chi connectivity index (χ0v) is 18.1. The maximum atomic E-state index is 13.1. The molecule has 1 atom stereocenters. The van der Waals surface area contributed by atoms with E-state index >= 15 is 0 Å². The van der Waals surface area contributed by atoms with Crippen LogP contribution in [0.2, 0.25) is 0 Å². The summed E-state index contributed by atoms with van der Waals surface area (Å²) < 4.78 is 2.21. The van der Waals surface area contributed by atoms with Gasteiger partial charge >= 0.3 is 0 Å². The van der Waals surface area contributed by atoms with Crippen molar-refractivity contribution in [3.8, 4) is 0 Å². The highest BCUT2D eigenvalue weighted by molar-refractivity contribution is 5.87. The van der Waals surface area contributed by atoms with Gasteiger partial charge in [0.25, 0.3) is 0 Å². The van der Waals surface area contributed by atoms with E-state index in [0.717, 1.165) is 37.1 Å². The lowest BCUT2D eigenvalue weighted by Crippen LogP contribution is -2.48. The van der Waals surface area contributed by atoms with Crippen molar-refractivity contribution in [2.75, 3.05) is 13.1 Å². The molecular formula is C24H33N3O2. The number of aromatic nitrogens is 1. The van der Waals surface area contributed by atoms with E-state index in [1.807, 2.05) is 24.8 Å². The molecule has 1 N–H and O–H groups in total. The Bertz CT molecular complexity index is 851. The van der Waals surface area contributed by atoms with E-state index in [-0.39, 0.29) is 24.4 Å². The molecular weight excluding hydrogens is 362 g/mol. The zero-order chi connectivity index (χ0) is 21.0. The van der Waals surface area contributed by atoms with E-state index in [4.69, 9.17) is 0 Å². The van der Waals surface area contributed by atoms with Gasteiger partial charge in [-0.2, -0.15) is 0 Å². The molecule has 156 valence electrons. The third-order valence-electron chi connectivity index (χ3n) is 5.92. The molecule has 1 unspecified atom stereocenters. The van der Waals surface area contributed by atoms with E-state index in [9.17, 15) is 9.59 Å². The monoisotopic (exact) mass is 395 g/mol. The number of nitrogens with zero attached hydrogens (tertiary/aromatic N) is 2. The summed E-state index contributed by atoms with van der Waals surface area (Å²) in [6.07, 6.45) is 4.96. The van der Waals surface area contributed by atoms with Gasteiger partial charge in [0.1, 0.15) is 0 Å². The van der Waals surface area contributed by atoms with Crippen LogP contribution in [0.1, 0.15) is 62.9 Å². The second kappa shape index (κ2) is 8.85. The number of benzene rings is 1. The van der Waals surface area contributed by atoms with Crippen LogP contribution in [0.4, 0.5) is 0 Å². The number of hydrogen-bond acceptors (Lipinski definition) is 2. The minimum absolute atomic E-state index is 0.0391. The van der Waals surface area contributed by atoms with E-state index in [1.165, 1.54) is 5.56 Å². The van der Waals surface area contributed by atoms with Crippen LogP contribution in [-0.4, -0.2) is 34.4 Å². The van der Waals surface area contributed by atoms with Gasteiger partial charge in [-0.05, 0) is 31.0 Å². The topological polar surface area (TPSA) is 54.3 Å². The molecule has 0 bridgehead atoms. The van der Waals surface area contributed by atoms with Crippen molar-refractivity contribution in [2.45, 2.75) is 59.5 Å². The molecule has 1 aromatic carbocycles. The first kappa shape index (κ1) is 21.2. The summed E-state index contributed by atoms with van der Waals surface area (Å²) in [5.74, 6) is -0.0887. The van der Waals surface area contributed by atoms with Gasteiger partial charge in [0.05, 0.1) is 12.6 Å². The van der Waals surface area contributed by atoms with Crippen molar-refractivity contribution in [1.82, 2.24) is 14.8 Å². The Labute approximate surface area is 174 Å². The van der Waals surface area contributed by atoms with Crippen LogP contribution >= 0.6 is 0 Å². The van der Waals surface area contributed by atoms with Crippen LogP contribution in [0.25, 0.3) is 0 Å². The highest BCUT2D eigenvalue weighted by atomic mass is 16.2. The molecule has 0 fully saturated rings. The fourth-order valence-electron chi connectivity index (χ4n) is 3.98. The number of unbranched alkanes of at least 4 members (excludes halogenated alkanes) is 1. The summed E-state index contributed by atoms with van der Waals surface area (Å²) in [6.45, 7) is 9.52. The van der Waals surface area contributed by atoms with Crippen LogP contribution in [0.3, 0.4) is 0 Å². The quantitative estimate of drug-likeness (QED) is 0.769. The molecule has 2 aromatic rings. The highest BCUT2D eigenvalue weighted by Crippen LogP contribution is 2.32. The summed E-state index contributed by atoms with van der Waals surface area (Å²) >= 11 is 0. The van der Waals surface area contributed by atoms with Crippen LogP contribution in [0.15, 0.2) is 42.6 Å². The molecule has 2 heterocycles. The van der Waals surface area contributed by atoms with E-state index < -0.39 is 5.41 Å². The van der Waals surface area contributed by atoms with E-state index in [2.05, 4.69) is 60.3 Å². The van der Waals surface area contributed by atoms with E-state index in [0.29, 0.717) is 6.54 Å². The second-order valence-electron chi connectivity index (χ2n) is 8.70. The number of carbonyl (C=O) groups excluding carboxylic acids is 2. The fraction of sp³-hybridized carbons (Fsp3) is 0.500. The second-order valence-corrected chi connectivity index (χ2v) is 8.70. The van der Waals surface area contributed by atoms with Gasteiger partial charge in [-0.3, -0.25) is 9.59 Å². The van der Waals surface area contributed by atoms with Gasteiger partial charge in [0, 0.05) is 30.4 Å². The molecule has 0 saturated carbocycles. The van der Waals surface area contributed by atoms with Gasteiger partial charge < -0.3 is 14.8 Å². The summed E-state index contributed by atoms with van der Waals surface area (Å²) in [5, 5.41) is 2.89. The van der Waals surface area contributed by atoms with Gasteiger partial charge in [0.15, 0.2) is 0 Å². The number of carbonyl (C=O) groups is 2. The Morgan fingerprint density at radius 3 is 2.55 bits per heavy atom. The van der Waals surface area contributed by atoms with Gasteiger partial charge in [-0.15, -0.1) is 0 Å². The molecule has 5 nitrogen and oxygen atoms in total. The maximum Gasteiger partial charge on any atom is 0.242 e. The molecule has 0 aliphatic carbocycles. The normalized spacial score (nSPS) is 16.4. The molecule has 29 heavy (non-hydrogen) atoms. The molecule has 0 radical (unpaired) electrons. The predicted octanol–water partition coefficient (Wildman–Crippen LogP) is 4.06. The third-order valence-corrected chi connectivity index (χ3v) is 5.92. The molecule has 2 amide bonds. The van der Waals surface area contributed by atoms with Crippen LogP contribution in [-0.2, 0) is 16.1 Å². The van der Waals surface area contributed by atoms with Crippen LogP contribution in [0, 0.1) is 12.3 Å². The Kier molecular flexibility index (Phi) is 6.46. The molecule has 3 rings (SSSR count). The van der Waals surface area contributed by atoms with Crippen LogP contribution < -0.4 is 5.32 Å². The molecule has 0 spiro atoms. The lowest BCUT2D eigenvalue weighted by molar-refractivity contribution is -0.137. The largest absolute Gasteiger partial charge is 0.348 e. The summed E-state index contributed by atoms with van der Waals surface area (Å²) in [4.78, 5) is 27.6. The van der Waals surface area contributed by atoms with Crippen molar-refractivity contribution < 1.29 is 9.59 Å². The predicted molar refractivity (Wildman–Crippen MR) is 115 cm³/mol. The smallest absolute Gasteiger partial charge is 0.242 e. The van der Waals surface area contributed by atoms with Crippen molar-refractivity contribution in [3.05, 3.63) is 59.4 Å². The lowest BCUT2D eigenvalue weighted by atomic mass is 9.86. The average Bonchev–Trinajstić information content (AvgIpc) is 3.19. The standard InChI is InChI=1S/C24H33N3O2/c1-5-6-13-24(3,4)23(29)25-17-21(28)27-16-15-26-14-7-8-20(26)22(27)19-11-9-18(2)10-12-19/h7-12,14,22H,5-6,13,15-17H2,1-4H3,(H,25,29). The highest BCUT2D eigenvalue weighted by Gasteiger charge is 2.33. The van der Waals surface area contributed by atoms with Crippen LogP contribution in [0.5, 0.6) is 0 Å². The number of aryl methyl sites for hydroxylation is 1. The number of hydrogen-bond donors (Lipinski definition) is 1. The molecule has 0 saturated heterocycles. The average molecular weight is 396 g/mol. The Morgan fingerprint density at radius 1 is 1.14 bits per heavy atom. The maximum absolute atomic E-state index is 13.1. The molecule has 5 heteroatoms. The van der Waals surface area contributed by atoms with Gasteiger partial charge in [-0.25, -0.2) is 0 Å². The third kappa shape index (κ3) is 4.72. The SMILES string of the molecule is CCCCC(C)(C)C(=O)NCC(=O)N1CCn2cccc2C1c1ccc(C)cc1. The molecule has 1 aromatic heterocycles. The summed E-state index contributed by atoms with van der Waals surface area (Å²) in [5.41, 5.74) is 2.95. The first-order chi connectivity index (χ1) is 13.8. The van der Waals surface area contributed by atoms with E-state index in [1.54, 1.807) is 0 Å². The molecule has 1 aliphatic rings. The number of nitrogens with one attached hydrogen (secondary N) is 1. The minimum Gasteiger partial charge on any atom is -0.348 e. The number of fused-ring (bicyclic) bond motifs is 1. The summed E-state index contributed by atoms with van der Waals surface area (Å²) in [7, 11) is 0. The van der Waals surface area contributed by atoms with Gasteiger partial charge in [-0.1, -0.05) is 63.4 Å². The summed E-state index contributed by atoms with van der Waals surface area (Å²) in [6, 6.07) is 12.3. The zero-order valence-electron chi connectivity index (χ0n) is 18.1. The van der Waals surface area contributed by atoms with Crippen molar-refractivity contribution in [3.63, 3.8) is 0 Å². The first-order valence-electron chi connectivity index (χ1n) is 10.6. The Morgan fingerprint density at radius 2 is 1.86 bits per heavy atom. The first-order valence-corrected chi connectivity index (χ1v) is 10.6. The fourth-order valence-corrected chi connectivity index (χ4v) is 3.98. The number of amides is 2. The number of rotatable bonds is 7. The Hall–Kier alpha value is -2.56. The molecule has 1 aliphatic heterocycles. The lowest BCUT2D eigenvalue weighted by Gasteiger charge is -2.37. The van der Waals surface area contributed by atoms with Crippen molar-refractivity contribution >= 4 is 11.8 Å². The van der Waals surface area contributed by atoms with Gasteiger partial charge in [0.2, 0.25) is 11.8 Å². The van der Waals surface area contributed by atoms with Crippen molar-refractivity contribution in [1.29, 1.82) is 0 Å².